The van der Waals surface area contributed by atoms with E-state index in [9.17, 15) is 4.79 Å². The second-order valence-corrected chi connectivity index (χ2v) is 4.19. The molecule has 0 bridgehead atoms. The lowest BCUT2D eigenvalue weighted by molar-refractivity contribution is 0.197. The maximum Gasteiger partial charge on any atom is 0.318 e. The Morgan fingerprint density at radius 1 is 1.47 bits per heavy atom. The van der Waals surface area contributed by atoms with Crippen LogP contribution in [0.1, 0.15) is 24.1 Å². The Morgan fingerprint density at radius 2 is 2.33 bits per heavy atom. The first-order chi connectivity index (χ1) is 7.33. The van der Waals surface area contributed by atoms with Gasteiger partial charge in [-0.05, 0) is 24.5 Å². The van der Waals surface area contributed by atoms with Crippen molar-refractivity contribution in [3.05, 3.63) is 29.6 Å². The summed E-state index contributed by atoms with van der Waals surface area (Å²) in [6.07, 6.45) is 4.04. The smallest absolute Gasteiger partial charge is 0.318 e. The number of fused-ring (bicyclic) bond motifs is 1. The molecule has 0 saturated heterocycles. The Balaban J connectivity index is 1.69. The Kier molecular flexibility index (Phi) is 1.87. The Bertz CT molecular complexity index is 376. The van der Waals surface area contributed by atoms with E-state index in [0.29, 0.717) is 19.1 Å². The van der Waals surface area contributed by atoms with Crippen LogP contribution in [0.3, 0.4) is 0 Å². The third-order valence-corrected chi connectivity index (χ3v) is 2.88. The Morgan fingerprint density at radius 3 is 3.07 bits per heavy atom. The van der Waals surface area contributed by atoms with Gasteiger partial charge in [-0.3, -0.25) is 4.98 Å². The number of pyridine rings is 1. The summed E-state index contributed by atoms with van der Waals surface area (Å²) < 4.78 is 0. The van der Waals surface area contributed by atoms with Crippen molar-refractivity contribution in [1.29, 1.82) is 0 Å². The average Bonchev–Trinajstić information content (AvgIpc) is 2.95. The van der Waals surface area contributed by atoms with Gasteiger partial charge >= 0.3 is 6.03 Å². The Hall–Kier alpha value is -1.58. The third kappa shape index (κ3) is 1.67. The van der Waals surface area contributed by atoms with Crippen molar-refractivity contribution in [2.24, 2.45) is 0 Å². The van der Waals surface area contributed by atoms with Crippen LogP contribution in [0.5, 0.6) is 0 Å². The molecule has 1 saturated carbocycles. The molecule has 2 aliphatic rings. The number of hydrogen-bond acceptors (Lipinski definition) is 2. The number of urea groups is 1. The number of carbonyl (C=O) groups is 1. The normalized spacial score (nSPS) is 18.8. The highest BCUT2D eigenvalue weighted by molar-refractivity contribution is 5.75. The monoisotopic (exact) mass is 203 g/mol. The van der Waals surface area contributed by atoms with Gasteiger partial charge in [-0.25, -0.2) is 4.79 Å². The molecule has 1 aromatic heterocycles. The topological polar surface area (TPSA) is 45.2 Å². The second-order valence-electron chi connectivity index (χ2n) is 4.19. The molecule has 3 rings (SSSR count). The first-order valence-electron chi connectivity index (χ1n) is 5.31. The fourth-order valence-corrected chi connectivity index (χ4v) is 1.84. The summed E-state index contributed by atoms with van der Waals surface area (Å²) in [7, 11) is 0. The lowest BCUT2D eigenvalue weighted by atomic mass is 10.2. The van der Waals surface area contributed by atoms with Gasteiger partial charge in [0.15, 0.2) is 0 Å². The van der Waals surface area contributed by atoms with E-state index in [4.69, 9.17) is 0 Å². The van der Waals surface area contributed by atoms with Crippen LogP contribution in [0.25, 0.3) is 0 Å². The van der Waals surface area contributed by atoms with E-state index in [1.54, 1.807) is 6.20 Å². The lowest BCUT2D eigenvalue weighted by Gasteiger charge is -2.15. The molecule has 1 aliphatic heterocycles. The van der Waals surface area contributed by atoms with E-state index in [-0.39, 0.29) is 6.03 Å². The number of rotatable bonds is 1. The van der Waals surface area contributed by atoms with E-state index in [1.165, 1.54) is 5.56 Å². The molecule has 1 N–H and O–H groups in total. The first kappa shape index (κ1) is 8.71. The summed E-state index contributed by atoms with van der Waals surface area (Å²) >= 11 is 0. The SMILES string of the molecule is O=C(NC1CC1)N1Cc2cccnc2C1. The van der Waals surface area contributed by atoms with Crippen LogP contribution >= 0.6 is 0 Å². The van der Waals surface area contributed by atoms with Gasteiger partial charge in [0, 0.05) is 18.8 Å². The van der Waals surface area contributed by atoms with Crippen molar-refractivity contribution < 1.29 is 4.79 Å². The number of amides is 2. The molecular formula is C11H13N3O. The van der Waals surface area contributed by atoms with Gasteiger partial charge in [0.25, 0.3) is 0 Å². The highest BCUT2D eigenvalue weighted by atomic mass is 16.2. The van der Waals surface area contributed by atoms with E-state index < -0.39 is 0 Å². The van der Waals surface area contributed by atoms with Crippen molar-refractivity contribution in [3.63, 3.8) is 0 Å². The van der Waals surface area contributed by atoms with Gasteiger partial charge in [-0.2, -0.15) is 0 Å². The molecule has 4 heteroatoms. The molecule has 2 amide bonds. The third-order valence-electron chi connectivity index (χ3n) is 2.88. The van der Waals surface area contributed by atoms with Crippen LogP contribution in [0, 0.1) is 0 Å². The largest absolute Gasteiger partial charge is 0.335 e. The molecule has 0 atom stereocenters. The van der Waals surface area contributed by atoms with Crippen LogP contribution < -0.4 is 5.32 Å². The predicted molar refractivity (Wildman–Crippen MR) is 55.0 cm³/mol. The summed E-state index contributed by atoms with van der Waals surface area (Å²) in [4.78, 5) is 17.8. The molecule has 1 fully saturated rings. The highest BCUT2D eigenvalue weighted by Gasteiger charge is 2.29. The summed E-state index contributed by atoms with van der Waals surface area (Å²) in [6, 6.07) is 4.43. The van der Waals surface area contributed by atoms with Crippen molar-refractivity contribution in [1.82, 2.24) is 15.2 Å². The molecular weight excluding hydrogens is 190 g/mol. The molecule has 1 aliphatic carbocycles. The maximum absolute atomic E-state index is 11.8. The quantitative estimate of drug-likeness (QED) is 0.747. The molecule has 0 aromatic carbocycles. The number of nitrogens with zero attached hydrogens (tertiary/aromatic N) is 2. The van der Waals surface area contributed by atoms with Crippen molar-refractivity contribution in [2.45, 2.75) is 32.0 Å². The van der Waals surface area contributed by atoms with Crippen LogP contribution in [0.2, 0.25) is 0 Å². The van der Waals surface area contributed by atoms with Gasteiger partial charge in [0.2, 0.25) is 0 Å². The number of nitrogens with one attached hydrogen (secondary N) is 1. The average molecular weight is 203 g/mol. The van der Waals surface area contributed by atoms with E-state index in [0.717, 1.165) is 18.5 Å². The molecule has 15 heavy (non-hydrogen) atoms. The van der Waals surface area contributed by atoms with Crippen LogP contribution in [-0.2, 0) is 13.1 Å². The molecule has 78 valence electrons. The van der Waals surface area contributed by atoms with Crippen molar-refractivity contribution in [3.8, 4) is 0 Å². The summed E-state index contributed by atoms with van der Waals surface area (Å²) in [5, 5.41) is 2.99. The van der Waals surface area contributed by atoms with Crippen LogP contribution in [0.15, 0.2) is 18.3 Å². The number of carbonyl (C=O) groups excluding carboxylic acids is 1. The van der Waals surface area contributed by atoms with Gasteiger partial charge in [0.05, 0.1) is 12.2 Å². The molecule has 0 radical (unpaired) electrons. The van der Waals surface area contributed by atoms with Crippen LogP contribution in [-0.4, -0.2) is 22.0 Å². The zero-order valence-corrected chi connectivity index (χ0v) is 8.44. The van der Waals surface area contributed by atoms with Crippen LogP contribution in [0.4, 0.5) is 4.79 Å². The van der Waals surface area contributed by atoms with Gasteiger partial charge in [-0.15, -0.1) is 0 Å². The minimum atomic E-state index is 0.0514. The lowest BCUT2D eigenvalue weighted by Crippen LogP contribution is -2.37. The van der Waals surface area contributed by atoms with E-state index >= 15 is 0 Å². The van der Waals surface area contributed by atoms with Gasteiger partial charge < -0.3 is 10.2 Å². The minimum Gasteiger partial charge on any atom is -0.335 e. The zero-order chi connectivity index (χ0) is 10.3. The van der Waals surface area contributed by atoms with Crippen molar-refractivity contribution >= 4 is 6.03 Å². The molecule has 2 heterocycles. The molecule has 0 unspecified atom stereocenters. The summed E-state index contributed by atoms with van der Waals surface area (Å²) in [6.45, 7) is 1.34. The highest BCUT2D eigenvalue weighted by Crippen LogP contribution is 2.23. The zero-order valence-electron chi connectivity index (χ0n) is 8.44. The standard InChI is InChI=1S/C11H13N3O/c15-11(13-9-3-4-9)14-6-8-2-1-5-12-10(8)7-14/h1-2,5,9H,3-4,6-7H2,(H,13,15). The summed E-state index contributed by atoms with van der Waals surface area (Å²) in [5.41, 5.74) is 2.20. The van der Waals surface area contributed by atoms with Gasteiger partial charge in [-0.1, -0.05) is 6.07 Å². The minimum absolute atomic E-state index is 0.0514. The van der Waals surface area contributed by atoms with Crippen molar-refractivity contribution in [2.75, 3.05) is 0 Å². The second kappa shape index (κ2) is 3.22. The van der Waals surface area contributed by atoms with E-state index in [2.05, 4.69) is 10.3 Å². The Labute approximate surface area is 88.3 Å². The van der Waals surface area contributed by atoms with E-state index in [1.807, 2.05) is 17.0 Å². The summed E-state index contributed by atoms with van der Waals surface area (Å²) in [5.74, 6) is 0. The fourth-order valence-electron chi connectivity index (χ4n) is 1.84. The predicted octanol–water partition coefficient (Wildman–Crippen LogP) is 1.27. The number of hydrogen-bond donors (Lipinski definition) is 1. The molecule has 4 nitrogen and oxygen atoms in total. The van der Waals surface area contributed by atoms with Gasteiger partial charge in [0.1, 0.15) is 0 Å². The molecule has 1 aromatic rings. The maximum atomic E-state index is 11.8. The molecule has 0 spiro atoms. The number of aromatic nitrogens is 1. The fraction of sp³-hybridized carbons (Fsp3) is 0.455. The first-order valence-corrected chi connectivity index (χ1v) is 5.31.